The summed E-state index contributed by atoms with van der Waals surface area (Å²) in [5.41, 5.74) is 0.719. The molecule has 2 aliphatic heterocycles. The molecule has 0 atom stereocenters. The predicted molar refractivity (Wildman–Crippen MR) is 78.2 cm³/mol. The maximum atomic E-state index is 8.40. The number of amidine groups is 2. The molecule has 3 rings (SSSR count). The van der Waals surface area contributed by atoms with Crippen molar-refractivity contribution in [1.29, 1.82) is 10.8 Å². The van der Waals surface area contributed by atoms with Crippen LogP contribution in [0.1, 0.15) is 18.4 Å². The SMILES string of the molecule is N=C1c2ccccc2OC=CN1C(=N)C1CCNCC1. The highest BCUT2D eigenvalue weighted by atomic mass is 16.5. The molecule has 0 saturated carbocycles. The lowest BCUT2D eigenvalue weighted by atomic mass is 9.96. The molecular formula is C15H18N4O. The van der Waals surface area contributed by atoms with Crippen LogP contribution in [0.4, 0.5) is 0 Å². The second-order valence-corrected chi connectivity index (χ2v) is 5.03. The van der Waals surface area contributed by atoms with E-state index in [2.05, 4.69) is 5.32 Å². The number of nitrogens with one attached hydrogen (secondary N) is 3. The number of hydrogen-bond acceptors (Lipinski definition) is 4. The second-order valence-electron chi connectivity index (χ2n) is 5.03. The van der Waals surface area contributed by atoms with Gasteiger partial charge < -0.3 is 10.1 Å². The molecule has 2 heterocycles. The van der Waals surface area contributed by atoms with Crippen LogP contribution in [-0.2, 0) is 0 Å². The number of nitrogens with zero attached hydrogens (tertiary/aromatic N) is 1. The number of hydrogen-bond donors (Lipinski definition) is 3. The van der Waals surface area contributed by atoms with E-state index in [1.807, 2.05) is 24.3 Å². The summed E-state index contributed by atoms with van der Waals surface area (Å²) in [6.45, 7) is 1.87. The third kappa shape index (κ3) is 2.32. The summed E-state index contributed by atoms with van der Waals surface area (Å²) in [5.74, 6) is 1.65. The Kier molecular flexibility index (Phi) is 3.52. The van der Waals surface area contributed by atoms with Crippen LogP contribution >= 0.6 is 0 Å². The van der Waals surface area contributed by atoms with Crippen molar-refractivity contribution < 1.29 is 4.74 Å². The van der Waals surface area contributed by atoms with Gasteiger partial charge in [-0.05, 0) is 38.1 Å². The van der Waals surface area contributed by atoms with Gasteiger partial charge in [0.15, 0.2) is 0 Å². The van der Waals surface area contributed by atoms with Crippen LogP contribution in [0, 0.1) is 16.7 Å². The summed E-state index contributed by atoms with van der Waals surface area (Å²) < 4.78 is 5.51. The Morgan fingerprint density at radius 2 is 2.00 bits per heavy atom. The van der Waals surface area contributed by atoms with Crippen LogP contribution in [-0.4, -0.2) is 29.7 Å². The Balaban J connectivity index is 1.86. The fourth-order valence-corrected chi connectivity index (χ4v) is 2.63. The van der Waals surface area contributed by atoms with Gasteiger partial charge in [-0.2, -0.15) is 0 Å². The fourth-order valence-electron chi connectivity index (χ4n) is 2.63. The van der Waals surface area contributed by atoms with Crippen molar-refractivity contribution >= 4 is 11.7 Å². The van der Waals surface area contributed by atoms with Gasteiger partial charge >= 0.3 is 0 Å². The van der Waals surface area contributed by atoms with Crippen molar-refractivity contribution in [2.45, 2.75) is 12.8 Å². The van der Waals surface area contributed by atoms with Gasteiger partial charge in [-0.3, -0.25) is 15.7 Å². The number of fused-ring (bicyclic) bond motifs is 1. The van der Waals surface area contributed by atoms with Gasteiger partial charge in [-0.1, -0.05) is 12.1 Å². The summed E-state index contributed by atoms with van der Waals surface area (Å²) in [6.07, 6.45) is 5.11. The monoisotopic (exact) mass is 270 g/mol. The minimum Gasteiger partial charge on any atom is -0.463 e. The number of piperidine rings is 1. The predicted octanol–water partition coefficient (Wildman–Crippen LogP) is 2.15. The first-order valence-electron chi connectivity index (χ1n) is 6.87. The van der Waals surface area contributed by atoms with Crippen molar-refractivity contribution in [2.24, 2.45) is 5.92 Å². The van der Waals surface area contributed by atoms with E-state index in [1.165, 1.54) is 0 Å². The number of benzene rings is 1. The Morgan fingerprint density at radius 1 is 1.25 bits per heavy atom. The lowest BCUT2D eigenvalue weighted by Gasteiger charge is -2.29. The first kappa shape index (κ1) is 12.9. The Hall–Kier alpha value is -2.14. The normalized spacial score (nSPS) is 19.2. The minimum atomic E-state index is 0.200. The summed E-state index contributed by atoms with van der Waals surface area (Å²) >= 11 is 0. The Bertz CT molecular complexity index is 561. The zero-order valence-electron chi connectivity index (χ0n) is 11.2. The lowest BCUT2D eigenvalue weighted by molar-refractivity contribution is 0.436. The average molecular weight is 270 g/mol. The van der Waals surface area contributed by atoms with Crippen LogP contribution in [0.3, 0.4) is 0 Å². The van der Waals surface area contributed by atoms with Gasteiger partial charge in [-0.25, -0.2) is 0 Å². The van der Waals surface area contributed by atoms with Crippen LogP contribution in [0.5, 0.6) is 5.75 Å². The molecule has 0 radical (unpaired) electrons. The van der Waals surface area contributed by atoms with Gasteiger partial charge in [0.25, 0.3) is 0 Å². The van der Waals surface area contributed by atoms with Crippen LogP contribution < -0.4 is 10.1 Å². The zero-order chi connectivity index (χ0) is 13.9. The highest BCUT2D eigenvalue weighted by Gasteiger charge is 2.26. The van der Waals surface area contributed by atoms with Crippen molar-refractivity contribution in [3.05, 3.63) is 42.3 Å². The topological polar surface area (TPSA) is 72.2 Å². The average Bonchev–Trinajstić information content (AvgIpc) is 2.67. The molecule has 1 saturated heterocycles. The van der Waals surface area contributed by atoms with Crippen molar-refractivity contribution in [1.82, 2.24) is 10.2 Å². The first-order valence-corrected chi connectivity index (χ1v) is 6.87. The van der Waals surface area contributed by atoms with E-state index in [1.54, 1.807) is 17.4 Å². The van der Waals surface area contributed by atoms with E-state index in [4.69, 9.17) is 15.6 Å². The van der Waals surface area contributed by atoms with E-state index in [0.717, 1.165) is 31.5 Å². The van der Waals surface area contributed by atoms with Crippen molar-refractivity contribution in [2.75, 3.05) is 13.1 Å². The first-order chi connectivity index (χ1) is 9.77. The molecule has 2 aliphatic rings. The molecule has 1 fully saturated rings. The quantitative estimate of drug-likeness (QED) is 0.541. The number of ether oxygens (including phenoxy) is 1. The molecule has 5 nitrogen and oxygen atoms in total. The minimum absolute atomic E-state index is 0.200. The summed E-state index contributed by atoms with van der Waals surface area (Å²) in [7, 11) is 0. The van der Waals surface area contributed by atoms with E-state index in [9.17, 15) is 0 Å². The van der Waals surface area contributed by atoms with Crippen LogP contribution in [0.15, 0.2) is 36.7 Å². The maximum Gasteiger partial charge on any atom is 0.141 e. The smallest absolute Gasteiger partial charge is 0.141 e. The van der Waals surface area contributed by atoms with Crippen LogP contribution in [0.2, 0.25) is 0 Å². The van der Waals surface area contributed by atoms with Gasteiger partial charge in [0.05, 0.1) is 5.56 Å². The van der Waals surface area contributed by atoms with Crippen molar-refractivity contribution in [3.8, 4) is 5.75 Å². The largest absolute Gasteiger partial charge is 0.463 e. The Labute approximate surface area is 118 Å². The van der Waals surface area contributed by atoms with Gasteiger partial charge in [0.2, 0.25) is 0 Å². The fraction of sp³-hybridized carbons (Fsp3) is 0.333. The number of para-hydroxylation sites is 1. The van der Waals surface area contributed by atoms with Gasteiger partial charge in [0, 0.05) is 12.1 Å². The molecule has 0 bridgehead atoms. The third-order valence-corrected chi connectivity index (χ3v) is 3.77. The molecule has 0 aromatic heterocycles. The van der Waals surface area contributed by atoms with E-state index in [-0.39, 0.29) is 5.92 Å². The summed E-state index contributed by atoms with van der Waals surface area (Å²) in [4.78, 5) is 1.63. The van der Waals surface area contributed by atoms with Crippen LogP contribution in [0.25, 0.3) is 0 Å². The van der Waals surface area contributed by atoms with E-state index in [0.29, 0.717) is 17.4 Å². The highest BCUT2D eigenvalue weighted by molar-refractivity contribution is 6.10. The molecular weight excluding hydrogens is 252 g/mol. The summed E-state index contributed by atoms with van der Waals surface area (Å²) in [5, 5.41) is 20.1. The molecule has 20 heavy (non-hydrogen) atoms. The highest BCUT2D eigenvalue weighted by Crippen LogP contribution is 2.25. The Morgan fingerprint density at radius 3 is 2.80 bits per heavy atom. The second kappa shape index (κ2) is 5.46. The van der Waals surface area contributed by atoms with E-state index < -0.39 is 0 Å². The van der Waals surface area contributed by atoms with Gasteiger partial charge in [-0.15, -0.1) is 0 Å². The van der Waals surface area contributed by atoms with E-state index >= 15 is 0 Å². The molecule has 0 unspecified atom stereocenters. The molecule has 104 valence electrons. The molecule has 5 heteroatoms. The number of rotatable bonds is 1. The van der Waals surface area contributed by atoms with Crippen molar-refractivity contribution in [3.63, 3.8) is 0 Å². The lowest BCUT2D eigenvalue weighted by Crippen LogP contribution is -2.40. The molecule has 0 spiro atoms. The maximum absolute atomic E-state index is 8.40. The molecule has 0 aliphatic carbocycles. The standard InChI is InChI=1S/C15H18N4O/c16-14(11-5-7-18-8-6-11)19-9-10-20-13-4-2-1-3-12(13)15(19)17/h1-4,9-11,16-18H,5-8H2. The summed E-state index contributed by atoms with van der Waals surface area (Å²) in [6, 6.07) is 7.46. The zero-order valence-corrected chi connectivity index (χ0v) is 11.2. The molecule has 1 aromatic carbocycles. The molecule has 3 N–H and O–H groups in total. The third-order valence-electron chi connectivity index (χ3n) is 3.77. The molecule has 1 aromatic rings. The van der Waals surface area contributed by atoms with Gasteiger partial charge in [0.1, 0.15) is 23.7 Å². The molecule has 0 amide bonds.